The van der Waals surface area contributed by atoms with Crippen molar-refractivity contribution in [3.8, 4) is 0 Å². The van der Waals surface area contributed by atoms with Crippen LogP contribution in [0.5, 0.6) is 0 Å². The molecule has 1 heterocycles. The van der Waals surface area contributed by atoms with Gasteiger partial charge < -0.3 is 10.2 Å². The Kier molecular flexibility index (Phi) is 6.19. The molecule has 1 aromatic carbocycles. The van der Waals surface area contributed by atoms with E-state index in [0.717, 1.165) is 19.1 Å². The van der Waals surface area contributed by atoms with Gasteiger partial charge in [0.1, 0.15) is 0 Å². The standard InChI is InChI=1S/C17H23N3O4S/c1-3-9-18-16(21)14-7-5-10-20(12-14)17(22)13-6-4-8-15(11-13)19-25(2,23)24/h3-4,6,8,11,14,19H,1,5,7,9-10,12H2,2H3,(H,18,21). The van der Waals surface area contributed by atoms with Gasteiger partial charge in [-0.3, -0.25) is 14.3 Å². The number of sulfonamides is 1. The lowest BCUT2D eigenvalue weighted by atomic mass is 9.96. The average Bonchev–Trinajstić information content (AvgIpc) is 2.58. The Morgan fingerprint density at radius 3 is 2.84 bits per heavy atom. The van der Waals surface area contributed by atoms with E-state index in [9.17, 15) is 18.0 Å². The molecule has 2 rings (SSSR count). The number of rotatable bonds is 6. The third-order valence-corrected chi connectivity index (χ3v) is 4.52. The zero-order chi connectivity index (χ0) is 18.4. The fraction of sp³-hybridized carbons (Fsp3) is 0.412. The maximum Gasteiger partial charge on any atom is 0.253 e. The van der Waals surface area contributed by atoms with Crippen molar-refractivity contribution in [2.24, 2.45) is 5.92 Å². The van der Waals surface area contributed by atoms with E-state index in [1.165, 1.54) is 6.07 Å². The number of piperidine rings is 1. The summed E-state index contributed by atoms with van der Waals surface area (Å²) < 4.78 is 25.0. The Bertz CT molecular complexity index is 761. The Morgan fingerprint density at radius 2 is 2.16 bits per heavy atom. The third-order valence-electron chi connectivity index (χ3n) is 3.91. The van der Waals surface area contributed by atoms with E-state index in [1.807, 2.05) is 0 Å². The van der Waals surface area contributed by atoms with Crippen molar-refractivity contribution in [3.63, 3.8) is 0 Å². The minimum absolute atomic E-state index is 0.0788. The first kappa shape index (κ1) is 19.0. The molecule has 0 bridgehead atoms. The van der Waals surface area contributed by atoms with Crippen molar-refractivity contribution in [2.45, 2.75) is 12.8 Å². The van der Waals surface area contributed by atoms with Crippen LogP contribution in [0.1, 0.15) is 23.2 Å². The van der Waals surface area contributed by atoms with Crippen LogP contribution in [0, 0.1) is 5.92 Å². The van der Waals surface area contributed by atoms with Crippen molar-refractivity contribution in [3.05, 3.63) is 42.5 Å². The molecule has 1 aliphatic rings. The second kappa shape index (κ2) is 8.15. The van der Waals surface area contributed by atoms with Crippen LogP contribution in [0.4, 0.5) is 5.69 Å². The van der Waals surface area contributed by atoms with Gasteiger partial charge in [0, 0.05) is 30.9 Å². The monoisotopic (exact) mass is 365 g/mol. The first-order chi connectivity index (χ1) is 11.8. The Balaban J connectivity index is 2.08. The fourth-order valence-corrected chi connectivity index (χ4v) is 3.36. The van der Waals surface area contributed by atoms with Crippen LogP contribution in [0.2, 0.25) is 0 Å². The molecule has 1 atom stereocenters. The number of nitrogens with one attached hydrogen (secondary N) is 2. The Morgan fingerprint density at radius 1 is 1.40 bits per heavy atom. The summed E-state index contributed by atoms with van der Waals surface area (Å²) in [7, 11) is -3.41. The summed E-state index contributed by atoms with van der Waals surface area (Å²) >= 11 is 0. The maximum absolute atomic E-state index is 12.7. The average molecular weight is 365 g/mol. The van der Waals surface area contributed by atoms with Crippen molar-refractivity contribution >= 4 is 27.5 Å². The summed E-state index contributed by atoms with van der Waals surface area (Å²) in [6.07, 6.45) is 4.16. The summed E-state index contributed by atoms with van der Waals surface area (Å²) in [5.41, 5.74) is 0.728. The van der Waals surface area contributed by atoms with E-state index >= 15 is 0 Å². The summed E-state index contributed by atoms with van der Waals surface area (Å²) in [4.78, 5) is 26.4. The molecule has 1 fully saturated rings. The minimum atomic E-state index is -3.41. The van der Waals surface area contributed by atoms with Crippen LogP contribution in [-0.4, -0.2) is 51.0 Å². The Hall–Kier alpha value is -2.35. The van der Waals surface area contributed by atoms with Crippen LogP contribution < -0.4 is 10.0 Å². The molecule has 0 saturated carbocycles. The predicted molar refractivity (Wildman–Crippen MR) is 96.7 cm³/mol. The molecule has 2 amide bonds. The highest BCUT2D eigenvalue weighted by molar-refractivity contribution is 7.92. The molecule has 2 N–H and O–H groups in total. The van der Waals surface area contributed by atoms with Crippen LogP contribution in [0.15, 0.2) is 36.9 Å². The molecule has 25 heavy (non-hydrogen) atoms. The summed E-state index contributed by atoms with van der Waals surface area (Å²) in [6.45, 7) is 4.90. The SMILES string of the molecule is C=CCNC(=O)C1CCCN(C(=O)c2cccc(NS(C)(=O)=O)c2)C1. The summed E-state index contributed by atoms with van der Waals surface area (Å²) in [6, 6.07) is 6.35. The van der Waals surface area contributed by atoms with Crippen LogP contribution in [0.3, 0.4) is 0 Å². The topological polar surface area (TPSA) is 95.6 Å². The lowest BCUT2D eigenvalue weighted by Crippen LogP contribution is -2.45. The summed E-state index contributed by atoms with van der Waals surface area (Å²) in [5, 5.41) is 2.76. The van der Waals surface area contributed by atoms with Crippen molar-refractivity contribution in [2.75, 3.05) is 30.6 Å². The smallest absolute Gasteiger partial charge is 0.253 e. The van der Waals surface area contributed by atoms with Crippen molar-refractivity contribution in [1.82, 2.24) is 10.2 Å². The van der Waals surface area contributed by atoms with Gasteiger partial charge in [-0.1, -0.05) is 12.1 Å². The molecule has 1 aliphatic heterocycles. The quantitative estimate of drug-likeness (QED) is 0.741. The van der Waals surface area contributed by atoms with E-state index in [1.54, 1.807) is 29.2 Å². The van der Waals surface area contributed by atoms with Crippen LogP contribution in [0.25, 0.3) is 0 Å². The lowest BCUT2D eigenvalue weighted by Gasteiger charge is -2.32. The van der Waals surface area contributed by atoms with Gasteiger partial charge in [-0.2, -0.15) is 0 Å². The molecule has 0 aromatic heterocycles. The van der Waals surface area contributed by atoms with Gasteiger partial charge in [-0.15, -0.1) is 6.58 Å². The number of amides is 2. The van der Waals surface area contributed by atoms with E-state index in [0.29, 0.717) is 30.9 Å². The molecule has 0 aliphatic carbocycles. The van der Waals surface area contributed by atoms with Crippen LogP contribution in [-0.2, 0) is 14.8 Å². The van der Waals surface area contributed by atoms with E-state index in [4.69, 9.17) is 0 Å². The second-order valence-corrected chi connectivity index (χ2v) is 7.83. The van der Waals surface area contributed by atoms with E-state index in [2.05, 4.69) is 16.6 Å². The Labute approximate surface area is 148 Å². The highest BCUT2D eigenvalue weighted by Gasteiger charge is 2.28. The van der Waals surface area contributed by atoms with Crippen LogP contribution >= 0.6 is 0 Å². The van der Waals surface area contributed by atoms with E-state index in [-0.39, 0.29) is 17.7 Å². The molecule has 0 spiro atoms. The summed E-state index contributed by atoms with van der Waals surface area (Å²) in [5.74, 6) is -0.529. The van der Waals surface area contributed by atoms with Gasteiger partial charge >= 0.3 is 0 Å². The number of anilines is 1. The van der Waals surface area contributed by atoms with Gasteiger partial charge in [-0.25, -0.2) is 8.42 Å². The normalized spacial score (nSPS) is 17.6. The fourth-order valence-electron chi connectivity index (χ4n) is 2.81. The zero-order valence-electron chi connectivity index (χ0n) is 14.2. The minimum Gasteiger partial charge on any atom is -0.352 e. The number of nitrogens with zero attached hydrogens (tertiary/aromatic N) is 1. The van der Waals surface area contributed by atoms with E-state index < -0.39 is 10.0 Å². The van der Waals surface area contributed by atoms with Gasteiger partial charge in [0.05, 0.1) is 12.2 Å². The molecule has 7 nitrogen and oxygen atoms in total. The second-order valence-electron chi connectivity index (χ2n) is 6.08. The highest BCUT2D eigenvalue weighted by atomic mass is 32.2. The van der Waals surface area contributed by atoms with Gasteiger partial charge in [0.2, 0.25) is 15.9 Å². The molecular formula is C17H23N3O4S. The predicted octanol–water partition coefficient (Wildman–Crippen LogP) is 1.21. The number of benzene rings is 1. The highest BCUT2D eigenvalue weighted by Crippen LogP contribution is 2.20. The van der Waals surface area contributed by atoms with Gasteiger partial charge in [0.15, 0.2) is 0 Å². The molecule has 1 unspecified atom stereocenters. The number of hydrogen-bond acceptors (Lipinski definition) is 4. The molecule has 136 valence electrons. The largest absolute Gasteiger partial charge is 0.352 e. The lowest BCUT2D eigenvalue weighted by molar-refractivity contribution is -0.126. The van der Waals surface area contributed by atoms with Gasteiger partial charge in [0.25, 0.3) is 5.91 Å². The first-order valence-corrected chi connectivity index (χ1v) is 9.95. The molecule has 8 heteroatoms. The molecule has 1 saturated heterocycles. The molecule has 0 radical (unpaired) electrons. The van der Waals surface area contributed by atoms with Crippen molar-refractivity contribution in [1.29, 1.82) is 0 Å². The number of hydrogen-bond donors (Lipinski definition) is 2. The zero-order valence-corrected chi connectivity index (χ0v) is 15.0. The van der Waals surface area contributed by atoms with Gasteiger partial charge in [-0.05, 0) is 31.0 Å². The molecule has 1 aromatic rings. The molecular weight excluding hydrogens is 342 g/mol. The number of carbonyl (C=O) groups is 2. The number of carbonyl (C=O) groups excluding carboxylic acids is 2. The third kappa shape index (κ3) is 5.60. The first-order valence-electron chi connectivity index (χ1n) is 8.06. The maximum atomic E-state index is 12.7. The van der Waals surface area contributed by atoms with Crippen molar-refractivity contribution < 1.29 is 18.0 Å². The number of likely N-dealkylation sites (tertiary alicyclic amines) is 1.